The molecular formula is C17H30N4O2. The molecule has 0 aromatic carbocycles. The highest BCUT2D eigenvalue weighted by atomic mass is 16.6. The molecule has 3 unspecified atom stereocenters. The lowest BCUT2D eigenvalue weighted by molar-refractivity contribution is 0.0488. The highest BCUT2D eigenvalue weighted by molar-refractivity contribution is 5.68. The summed E-state index contributed by atoms with van der Waals surface area (Å²) in [5, 5.41) is 10.9. The van der Waals surface area contributed by atoms with E-state index in [-0.39, 0.29) is 18.2 Å². The van der Waals surface area contributed by atoms with Gasteiger partial charge in [0.2, 0.25) is 0 Å². The first-order valence-corrected chi connectivity index (χ1v) is 8.47. The smallest absolute Gasteiger partial charge is 0.407 e. The number of aromatic nitrogens is 2. The average Bonchev–Trinajstić information content (AvgIpc) is 2.83. The molecule has 1 aliphatic carbocycles. The molecule has 0 aliphatic heterocycles. The Morgan fingerprint density at radius 3 is 2.70 bits per heavy atom. The topological polar surface area (TPSA) is 68.2 Å². The van der Waals surface area contributed by atoms with Gasteiger partial charge in [0.25, 0.3) is 0 Å². The van der Waals surface area contributed by atoms with E-state index in [1.54, 1.807) is 0 Å². The van der Waals surface area contributed by atoms with Crippen molar-refractivity contribution in [1.82, 2.24) is 20.4 Å². The predicted molar refractivity (Wildman–Crippen MR) is 90.2 cm³/mol. The van der Waals surface area contributed by atoms with E-state index < -0.39 is 5.60 Å². The van der Waals surface area contributed by atoms with Crippen LogP contribution in [0.1, 0.15) is 65.0 Å². The molecular weight excluding hydrogens is 292 g/mol. The second-order valence-corrected chi connectivity index (χ2v) is 7.54. The van der Waals surface area contributed by atoms with Crippen molar-refractivity contribution in [3.63, 3.8) is 0 Å². The van der Waals surface area contributed by atoms with Gasteiger partial charge in [-0.3, -0.25) is 4.68 Å². The van der Waals surface area contributed by atoms with Gasteiger partial charge in [0, 0.05) is 36.9 Å². The van der Waals surface area contributed by atoms with E-state index in [1.807, 2.05) is 44.9 Å². The quantitative estimate of drug-likeness (QED) is 0.894. The Morgan fingerprint density at radius 2 is 2.09 bits per heavy atom. The number of carbonyl (C=O) groups is 1. The molecule has 23 heavy (non-hydrogen) atoms. The maximum absolute atomic E-state index is 11.9. The minimum absolute atomic E-state index is 0.178. The molecule has 1 saturated carbocycles. The van der Waals surface area contributed by atoms with E-state index in [1.165, 1.54) is 5.56 Å². The normalized spacial score (nSPS) is 23.3. The summed E-state index contributed by atoms with van der Waals surface area (Å²) in [4.78, 5) is 11.9. The Morgan fingerprint density at radius 1 is 1.39 bits per heavy atom. The fourth-order valence-corrected chi connectivity index (χ4v) is 3.06. The summed E-state index contributed by atoms with van der Waals surface area (Å²) in [6.07, 6.45) is 7.81. The molecule has 1 aromatic rings. The Hall–Kier alpha value is -1.56. The molecule has 0 spiro atoms. The first kappa shape index (κ1) is 17.8. The van der Waals surface area contributed by atoms with Gasteiger partial charge in [-0.1, -0.05) is 0 Å². The second-order valence-electron chi connectivity index (χ2n) is 7.54. The van der Waals surface area contributed by atoms with Gasteiger partial charge >= 0.3 is 6.09 Å². The molecule has 1 fully saturated rings. The molecule has 6 heteroatoms. The van der Waals surface area contributed by atoms with Gasteiger partial charge in [0.15, 0.2) is 0 Å². The van der Waals surface area contributed by atoms with Crippen molar-refractivity contribution in [3.8, 4) is 0 Å². The average molecular weight is 322 g/mol. The summed E-state index contributed by atoms with van der Waals surface area (Å²) >= 11 is 0. The molecule has 3 atom stereocenters. The standard InChI is InChI=1S/C17H30N4O2/c1-12(13-10-18-21(5)11-13)19-14-7-6-8-15(9-14)20-16(22)23-17(2,3)4/h10-12,14-15,19H,6-9H2,1-5H3,(H,20,22). The molecule has 1 aliphatic rings. The maximum Gasteiger partial charge on any atom is 0.407 e. The minimum atomic E-state index is -0.453. The van der Waals surface area contributed by atoms with E-state index >= 15 is 0 Å². The van der Waals surface area contributed by atoms with Crippen molar-refractivity contribution < 1.29 is 9.53 Å². The largest absolute Gasteiger partial charge is 0.444 e. The van der Waals surface area contributed by atoms with Gasteiger partial charge in [-0.15, -0.1) is 0 Å². The molecule has 1 aromatic heterocycles. The predicted octanol–water partition coefficient (Wildman–Crippen LogP) is 2.91. The van der Waals surface area contributed by atoms with Crippen molar-refractivity contribution in [2.75, 3.05) is 0 Å². The van der Waals surface area contributed by atoms with E-state index in [0.717, 1.165) is 25.7 Å². The number of hydrogen-bond donors (Lipinski definition) is 2. The van der Waals surface area contributed by atoms with Crippen LogP contribution in [0.15, 0.2) is 12.4 Å². The summed E-state index contributed by atoms with van der Waals surface area (Å²) < 4.78 is 7.17. The fraction of sp³-hybridized carbons (Fsp3) is 0.765. The van der Waals surface area contributed by atoms with Crippen LogP contribution in [0, 0.1) is 0 Å². The third kappa shape index (κ3) is 5.86. The summed E-state index contributed by atoms with van der Waals surface area (Å²) in [6.45, 7) is 7.80. The molecule has 6 nitrogen and oxygen atoms in total. The maximum atomic E-state index is 11.9. The van der Waals surface area contributed by atoms with Crippen molar-refractivity contribution in [1.29, 1.82) is 0 Å². The number of nitrogens with one attached hydrogen (secondary N) is 2. The minimum Gasteiger partial charge on any atom is -0.444 e. The zero-order valence-electron chi connectivity index (χ0n) is 14.9. The van der Waals surface area contributed by atoms with Crippen LogP contribution < -0.4 is 10.6 Å². The summed E-state index contributed by atoms with van der Waals surface area (Å²) in [5.74, 6) is 0. The van der Waals surface area contributed by atoms with Gasteiger partial charge in [-0.25, -0.2) is 4.79 Å². The van der Waals surface area contributed by atoms with E-state index in [4.69, 9.17) is 4.74 Å². The number of rotatable bonds is 4. The van der Waals surface area contributed by atoms with Crippen molar-refractivity contribution >= 4 is 6.09 Å². The molecule has 130 valence electrons. The SMILES string of the molecule is CC(NC1CCCC(NC(=O)OC(C)(C)C)C1)c1cnn(C)c1. The van der Waals surface area contributed by atoms with Gasteiger partial charge in [-0.2, -0.15) is 5.10 Å². The van der Waals surface area contributed by atoms with Gasteiger partial charge < -0.3 is 15.4 Å². The van der Waals surface area contributed by atoms with Crippen LogP contribution in [-0.2, 0) is 11.8 Å². The van der Waals surface area contributed by atoms with E-state index in [0.29, 0.717) is 6.04 Å². The van der Waals surface area contributed by atoms with Crippen LogP contribution in [0.2, 0.25) is 0 Å². The van der Waals surface area contributed by atoms with Gasteiger partial charge in [0.1, 0.15) is 5.60 Å². The van der Waals surface area contributed by atoms with Crippen LogP contribution in [0.25, 0.3) is 0 Å². The molecule has 1 heterocycles. The molecule has 2 N–H and O–H groups in total. The lowest BCUT2D eigenvalue weighted by Gasteiger charge is -2.32. The summed E-state index contributed by atoms with van der Waals surface area (Å²) in [5.41, 5.74) is 0.736. The third-order valence-electron chi connectivity index (χ3n) is 4.11. The Bertz CT molecular complexity index is 521. The van der Waals surface area contributed by atoms with Crippen molar-refractivity contribution in [3.05, 3.63) is 18.0 Å². The van der Waals surface area contributed by atoms with E-state index in [2.05, 4.69) is 22.7 Å². The van der Waals surface area contributed by atoms with Crippen molar-refractivity contribution in [2.24, 2.45) is 7.05 Å². The van der Waals surface area contributed by atoms with Crippen LogP contribution in [0.5, 0.6) is 0 Å². The molecule has 0 radical (unpaired) electrons. The number of carbonyl (C=O) groups excluding carboxylic acids is 1. The zero-order chi connectivity index (χ0) is 17.0. The Kier molecular flexibility index (Phi) is 5.68. The zero-order valence-corrected chi connectivity index (χ0v) is 14.9. The Balaban J connectivity index is 1.82. The number of ether oxygens (including phenoxy) is 1. The first-order valence-electron chi connectivity index (χ1n) is 8.47. The van der Waals surface area contributed by atoms with Gasteiger partial charge in [0.05, 0.1) is 6.20 Å². The number of amides is 1. The number of hydrogen-bond acceptors (Lipinski definition) is 4. The summed E-state index contributed by atoms with van der Waals surface area (Å²) in [7, 11) is 1.93. The highest BCUT2D eigenvalue weighted by Gasteiger charge is 2.26. The Labute approximate surface area is 139 Å². The lowest BCUT2D eigenvalue weighted by atomic mass is 9.90. The van der Waals surface area contributed by atoms with E-state index in [9.17, 15) is 4.79 Å². The molecule has 0 bridgehead atoms. The molecule has 2 rings (SSSR count). The number of alkyl carbamates (subject to hydrolysis) is 1. The van der Waals surface area contributed by atoms with Crippen molar-refractivity contribution in [2.45, 2.75) is 77.1 Å². The lowest BCUT2D eigenvalue weighted by Crippen LogP contribution is -2.46. The first-order chi connectivity index (χ1) is 10.7. The molecule has 1 amide bonds. The number of aryl methyl sites for hydroxylation is 1. The third-order valence-corrected chi connectivity index (χ3v) is 4.11. The van der Waals surface area contributed by atoms with Crippen LogP contribution in [0.4, 0.5) is 4.79 Å². The highest BCUT2D eigenvalue weighted by Crippen LogP contribution is 2.22. The number of nitrogens with zero attached hydrogens (tertiary/aromatic N) is 2. The van der Waals surface area contributed by atoms with Crippen LogP contribution in [-0.4, -0.2) is 33.6 Å². The van der Waals surface area contributed by atoms with Crippen LogP contribution in [0.3, 0.4) is 0 Å². The van der Waals surface area contributed by atoms with Gasteiger partial charge in [-0.05, 0) is 53.4 Å². The van der Waals surface area contributed by atoms with Crippen LogP contribution >= 0.6 is 0 Å². The second kappa shape index (κ2) is 7.34. The fourth-order valence-electron chi connectivity index (χ4n) is 3.06. The monoisotopic (exact) mass is 322 g/mol. The summed E-state index contributed by atoms with van der Waals surface area (Å²) in [6, 6.07) is 0.838. The molecule has 0 saturated heterocycles.